The van der Waals surface area contributed by atoms with Crippen molar-refractivity contribution in [2.24, 2.45) is 0 Å². The standard InChI is InChI=1S/C4H4NS2/c5-1-3-7-4-2-6/h3-4H2. The maximum Gasteiger partial charge on any atom is 0.0811 e. The van der Waals surface area contributed by atoms with Crippen molar-refractivity contribution >= 4 is 29.3 Å². The minimum Gasteiger partial charge on any atom is -0.197 e. The summed E-state index contributed by atoms with van der Waals surface area (Å²) in [7, 11) is 0. The van der Waals surface area contributed by atoms with Crippen LogP contribution in [0.5, 0.6) is 0 Å². The maximum atomic E-state index is 7.96. The van der Waals surface area contributed by atoms with Gasteiger partial charge in [0.25, 0.3) is 0 Å². The Kier molecular flexibility index (Phi) is 5.87. The Morgan fingerprint density at radius 2 is 2.29 bits per heavy atom. The summed E-state index contributed by atoms with van der Waals surface area (Å²) in [5.41, 5.74) is 0. The molecule has 0 aromatic heterocycles. The van der Waals surface area contributed by atoms with Gasteiger partial charge in [0.15, 0.2) is 0 Å². The highest BCUT2D eigenvalue weighted by Crippen LogP contribution is 1.93. The number of thiocarbonyl (C=S) groups is 1. The summed E-state index contributed by atoms with van der Waals surface area (Å²) in [6.07, 6.45) is 0. The molecule has 0 saturated carbocycles. The molecule has 0 spiro atoms. The molecule has 37 valence electrons. The molecule has 0 heterocycles. The Morgan fingerprint density at radius 3 is 2.71 bits per heavy atom. The largest absolute Gasteiger partial charge is 0.197 e. The second-order valence-corrected chi connectivity index (χ2v) is 2.07. The summed E-state index contributed by atoms with van der Waals surface area (Å²) in [6, 6.07) is 1.98. The molecule has 0 unspecified atom stereocenters. The van der Waals surface area contributed by atoms with Gasteiger partial charge in [-0.3, -0.25) is 0 Å². The van der Waals surface area contributed by atoms with Gasteiger partial charge in [0.1, 0.15) is 0 Å². The molecule has 0 aliphatic heterocycles. The second-order valence-electron chi connectivity index (χ2n) is 0.795. The first-order valence-electron chi connectivity index (χ1n) is 1.71. The minimum atomic E-state index is 0.518. The van der Waals surface area contributed by atoms with Gasteiger partial charge in [0.05, 0.1) is 11.8 Å². The molecular weight excluding hydrogens is 126 g/mol. The van der Waals surface area contributed by atoms with Gasteiger partial charge in [-0.2, -0.15) is 5.26 Å². The van der Waals surface area contributed by atoms with Crippen molar-refractivity contribution in [2.45, 2.75) is 0 Å². The van der Waals surface area contributed by atoms with Crippen LogP contribution in [0.25, 0.3) is 0 Å². The van der Waals surface area contributed by atoms with Gasteiger partial charge in [-0.15, -0.1) is 11.8 Å². The fraction of sp³-hybridized carbons (Fsp3) is 0.500. The minimum absolute atomic E-state index is 0.518. The van der Waals surface area contributed by atoms with Crippen LogP contribution in [0.4, 0.5) is 0 Å². The van der Waals surface area contributed by atoms with Gasteiger partial charge in [-0.25, -0.2) is 0 Å². The highest BCUT2D eigenvalue weighted by Gasteiger charge is 1.77. The lowest BCUT2D eigenvalue weighted by Gasteiger charge is -1.79. The molecule has 0 aromatic carbocycles. The lowest BCUT2D eigenvalue weighted by molar-refractivity contribution is 1.50. The van der Waals surface area contributed by atoms with E-state index in [2.05, 4.69) is 17.6 Å². The number of hydrogen-bond acceptors (Lipinski definition) is 3. The van der Waals surface area contributed by atoms with Crippen molar-refractivity contribution in [1.82, 2.24) is 0 Å². The summed E-state index contributed by atoms with van der Waals surface area (Å²) < 4.78 is 0. The van der Waals surface area contributed by atoms with E-state index in [0.717, 1.165) is 0 Å². The van der Waals surface area contributed by atoms with Crippen molar-refractivity contribution in [3.05, 3.63) is 0 Å². The van der Waals surface area contributed by atoms with Crippen LogP contribution in [-0.4, -0.2) is 16.9 Å². The first-order valence-corrected chi connectivity index (χ1v) is 3.28. The van der Waals surface area contributed by atoms with Crippen molar-refractivity contribution in [3.8, 4) is 6.07 Å². The summed E-state index contributed by atoms with van der Waals surface area (Å²) >= 11 is 5.86. The van der Waals surface area contributed by atoms with E-state index in [-0.39, 0.29) is 0 Å². The molecule has 1 radical (unpaired) electrons. The van der Waals surface area contributed by atoms with E-state index >= 15 is 0 Å². The Bertz CT molecular complexity index is 84.2. The molecule has 7 heavy (non-hydrogen) atoms. The van der Waals surface area contributed by atoms with Crippen molar-refractivity contribution in [1.29, 1.82) is 5.26 Å². The fourth-order valence-electron chi connectivity index (χ4n) is 0.138. The Hall–Kier alpha value is -0.0700. The smallest absolute Gasteiger partial charge is 0.0811 e. The van der Waals surface area contributed by atoms with E-state index in [4.69, 9.17) is 5.26 Å². The fourth-order valence-corrected chi connectivity index (χ4v) is 0.665. The van der Waals surface area contributed by atoms with Gasteiger partial charge < -0.3 is 0 Å². The predicted molar refractivity (Wildman–Crippen MR) is 35.5 cm³/mol. The van der Waals surface area contributed by atoms with Crippen molar-refractivity contribution < 1.29 is 0 Å². The second kappa shape index (κ2) is 5.93. The number of hydrogen-bond donors (Lipinski definition) is 0. The van der Waals surface area contributed by atoms with E-state index in [1.807, 2.05) is 6.07 Å². The van der Waals surface area contributed by atoms with Crippen LogP contribution in [0.15, 0.2) is 0 Å². The van der Waals surface area contributed by atoms with Crippen LogP contribution in [0.2, 0.25) is 0 Å². The zero-order valence-electron chi connectivity index (χ0n) is 3.68. The topological polar surface area (TPSA) is 23.8 Å². The Morgan fingerprint density at radius 1 is 1.57 bits per heavy atom. The zero-order valence-corrected chi connectivity index (χ0v) is 5.31. The molecule has 0 amide bonds. The number of nitrogens with zero attached hydrogens (tertiary/aromatic N) is 1. The number of rotatable bonds is 3. The normalized spacial score (nSPS) is 7.29. The van der Waals surface area contributed by atoms with Gasteiger partial charge in [-0.1, -0.05) is 12.2 Å². The van der Waals surface area contributed by atoms with Crippen LogP contribution in [-0.2, 0) is 0 Å². The zero-order chi connectivity index (χ0) is 5.54. The van der Waals surface area contributed by atoms with Gasteiger partial charge in [0, 0.05) is 11.1 Å². The molecule has 0 atom stereocenters. The van der Waals surface area contributed by atoms with Gasteiger partial charge in [0.2, 0.25) is 0 Å². The van der Waals surface area contributed by atoms with Crippen molar-refractivity contribution in [3.63, 3.8) is 0 Å². The van der Waals surface area contributed by atoms with Gasteiger partial charge in [-0.05, 0) is 0 Å². The number of nitriles is 1. The monoisotopic (exact) mass is 130 g/mol. The van der Waals surface area contributed by atoms with Crippen LogP contribution in [0, 0.1) is 11.3 Å². The third kappa shape index (κ3) is 5.93. The average molecular weight is 130 g/mol. The quantitative estimate of drug-likeness (QED) is 0.422. The van der Waals surface area contributed by atoms with E-state index in [0.29, 0.717) is 11.5 Å². The molecule has 0 saturated heterocycles. The average Bonchev–Trinajstić information content (AvgIpc) is 1.69. The van der Waals surface area contributed by atoms with Crippen molar-refractivity contribution in [2.75, 3.05) is 11.5 Å². The van der Waals surface area contributed by atoms with Crippen LogP contribution in [0.3, 0.4) is 0 Å². The lowest BCUT2D eigenvalue weighted by Crippen LogP contribution is -1.75. The molecule has 3 heteroatoms. The molecule has 0 bridgehead atoms. The van der Waals surface area contributed by atoms with Crippen LogP contribution < -0.4 is 0 Å². The summed E-state index contributed by atoms with van der Waals surface area (Å²) in [6.45, 7) is 0. The molecule has 0 aliphatic carbocycles. The first kappa shape index (κ1) is 6.93. The van der Waals surface area contributed by atoms with E-state index in [1.165, 1.54) is 11.8 Å². The molecule has 0 N–H and O–H groups in total. The van der Waals surface area contributed by atoms with Gasteiger partial charge >= 0.3 is 0 Å². The molecule has 0 rings (SSSR count). The third-order valence-electron chi connectivity index (χ3n) is 0.328. The Balaban J connectivity index is 2.72. The third-order valence-corrected chi connectivity index (χ3v) is 1.34. The summed E-state index contributed by atoms with van der Waals surface area (Å²) in [5.74, 6) is 1.20. The first-order chi connectivity index (χ1) is 3.41. The highest BCUT2D eigenvalue weighted by atomic mass is 32.2. The lowest BCUT2D eigenvalue weighted by atomic mass is 10.9. The molecular formula is C4H4NS2. The summed E-state index contributed by atoms with van der Waals surface area (Å²) in [4.78, 5) is 0. The predicted octanol–water partition coefficient (Wildman–Crippen LogP) is 1.12. The van der Waals surface area contributed by atoms with Crippen LogP contribution in [0.1, 0.15) is 0 Å². The number of thioether (sulfide) groups is 1. The van der Waals surface area contributed by atoms with E-state index < -0.39 is 0 Å². The Labute approximate surface area is 52.7 Å². The van der Waals surface area contributed by atoms with E-state index in [9.17, 15) is 0 Å². The highest BCUT2D eigenvalue weighted by molar-refractivity contribution is 8.00. The molecule has 1 nitrogen and oxygen atoms in total. The maximum absolute atomic E-state index is 7.96. The van der Waals surface area contributed by atoms with E-state index in [1.54, 1.807) is 0 Å². The molecule has 0 aliphatic rings. The summed E-state index contributed by atoms with van der Waals surface area (Å²) in [5, 5.41) is 10.5. The molecule has 0 fully saturated rings. The van der Waals surface area contributed by atoms with Crippen LogP contribution >= 0.6 is 24.0 Å². The molecule has 0 aromatic rings. The SMILES string of the molecule is N#CCSC[C]=S.